The highest BCUT2D eigenvalue weighted by Crippen LogP contribution is 2.30. The second-order valence-electron chi connectivity index (χ2n) is 10.5. The third kappa shape index (κ3) is 6.44. The number of hydrogen-bond donors (Lipinski definition) is 2. The van der Waals surface area contributed by atoms with Gasteiger partial charge in [-0.25, -0.2) is 13.4 Å². The molecule has 0 aliphatic rings. The van der Waals surface area contributed by atoms with E-state index in [1.165, 1.54) is 5.56 Å². The molecule has 0 aliphatic carbocycles. The van der Waals surface area contributed by atoms with Crippen molar-refractivity contribution in [1.29, 1.82) is 0 Å². The number of rotatable bonds is 10. The third-order valence-corrected chi connectivity index (χ3v) is 10.2. The number of nitrogens with zero attached hydrogens (tertiary/aromatic N) is 3. The van der Waals surface area contributed by atoms with Crippen molar-refractivity contribution < 1.29 is 8.42 Å². The molecule has 0 fully saturated rings. The van der Waals surface area contributed by atoms with Gasteiger partial charge in [0.05, 0.1) is 21.3 Å². The Hall–Kier alpha value is -2.96. The van der Waals surface area contributed by atoms with E-state index in [0.29, 0.717) is 12.2 Å². The highest BCUT2D eigenvalue weighted by Gasteiger charge is 2.20. The fourth-order valence-electron chi connectivity index (χ4n) is 4.47. The zero-order valence-corrected chi connectivity index (χ0v) is 27.6. The van der Waals surface area contributed by atoms with Gasteiger partial charge in [0.2, 0.25) is 0 Å². The Bertz CT molecular complexity index is 1790. The predicted octanol–water partition coefficient (Wildman–Crippen LogP) is 8.19. The molecule has 0 saturated carbocycles. The Labute approximate surface area is 263 Å². The van der Waals surface area contributed by atoms with E-state index < -0.39 is 10.0 Å². The van der Waals surface area contributed by atoms with Gasteiger partial charge in [0.1, 0.15) is 5.82 Å². The third-order valence-electron chi connectivity index (χ3n) is 7.38. The molecule has 0 amide bonds. The van der Waals surface area contributed by atoms with Crippen molar-refractivity contribution in [2.75, 3.05) is 10.0 Å². The standard InChI is InChI=1S/C31H31BrIN5O2S/c1-4-31(2,3)23-11-15-25(16-12-23)41(39,40)37-24-13-9-21(10-14-24)19-34-29-17-28(26-8-6-5-7-22(26)18-33)36-30-27(32)20-35-38(29)30/h5-17,20,34,37H,4,18-19H2,1-3H3. The molecular weight excluding hydrogens is 713 g/mol. The van der Waals surface area contributed by atoms with Crippen molar-refractivity contribution in [1.82, 2.24) is 14.6 Å². The molecule has 41 heavy (non-hydrogen) atoms. The molecule has 2 N–H and O–H groups in total. The number of hydrogen-bond acceptors (Lipinski definition) is 5. The van der Waals surface area contributed by atoms with Crippen LogP contribution in [0.15, 0.2) is 94.4 Å². The summed E-state index contributed by atoms with van der Waals surface area (Å²) in [6, 6.07) is 24.8. The molecule has 0 bridgehead atoms. The van der Waals surface area contributed by atoms with Crippen molar-refractivity contribution in [2.24, 2.45) is 0 Å². The topological polar surface area (TPSA) is 88.4 Å². The minimum absolute atomic E-state index is 0.00318. The molecule has 212 valence electrons. The Morgan fingerprint density at radius 2 is 1.71 bits per heavy atom. The molecular formula is C31H31BrIN5O2S. The first-order chi connectivity index (χ1) is 19.6. The van der Waals surface area contributed by atoms with E-state index in [1.54, 1.807) is 35.0 Å². The summed E-state index contributed by atoms with van der Waals surface area (Å²) in [7, 11) is -3.70. The summed E-state index contributed by atoms with van der Waals surface area (Å²) in [5.74, 6) is 0.804. The quantitative estimate of drug-likeness (QED) is 0.111. The second kappa shape index (κ2) is 12.1. The first-order valence-corrected chi connectivity index (χ1v) is 17.1. The molecule has 3 aromatic carbocycles. The molecule has 2 heterocycles. The van der Waals surface area contributed by atoms with Crippen LogP contribution in [0.3, 0.4) is 0 Å². The lowest BCUT2D eigenvalue weighted by Crippen LogP contribution is -2.17. The SMILES string of the molecule is CCC(C)(C)c1ccc(S(=O)(=O)Nc2ccc(CNc3cc(-c4ccccc4CI)nc4c(Br)cnn34)cc2)cc1. The fraction of sp³-hybridized carbons (Fsp3) is 0.226. The molecule has 0 saturated heterocycles. The molecule has 7 nitrogen and oxygen atoms in total. The summed E-state index contributed by atoms with van der Waals surface area (Å²) in [5, 5.41) is 7.96. The lowest BCUT2D eigenvalue weighted by atomic mass is 9.82. The summed E-state index contributed by atoms with van der Waals surface area (Å²) in [5.41, 5.74) is 6.50. The number of anilines is 2. The Balaban J connectivity index is 1.32. The number of aromatic nitrogens is 3. The van der Waals surface area contributed by atoms with Gasteiger partial charge in [-0.1, -0.05) is 91.9 Å². The first kappa shape index (κ1) is 29.5. The molecule has 0 unspecified atom stereocenters. The molecule has 5 rings (SSSR count). The maximum Gasteiger partial charge on any atom is 0.261 e. The highest BCUT2D eigenvalue weighted by molar-refractivity contribution is 14.1. The van der Waals surface area contributed by atoms with Crippen LogP contribution in [-0.4, -0.2) is 23.0 Å². The van der Waals surface area contributed by atoms with Crippen molar-refractivity contribution in [2.45, 2.75) is 48.5 Å². The van der Waals surface area contributed by atoms with E-state index >= 15 is 0 Å². The maximum absolute atomic E-state index is 13.0. The van der Waals surface area contributed by atoms with Gasteiger partial charge in [-0.3, -0.25) is 4.72 Å². The van der Waals surface area contributed by atoms with E-state index in [-0.39, 0.29) is 10.3 Å². The summed E-state index contributed by atoms with van der Waals surface area (Å²) in [6.45, 7) is 6.95. The maximum atomic E-state index is 13.0. The molecule has 5 aromatic rings. The van der Waals surface area contributed by atoms with E-state index in [4.69, 9.17) is 4.98 Å². The molecule has 0 radical (unpaired) electrons. The number of sulfonamides is 1. The molecule has 2 aromatic heterocycles. The van der Waals surface area contributed by atoms with Gasteiger partial charge in [0.25, 0.3) is 10.0 Å². The largest absolute Gasteiger partial charge is 0.366 e. The molecule has 0 aliphatic heterocycles. The van der Waals surface area contributed by atoms with Crippen LogP contribution in [-0.2, 0) is 26.4 Å². The van der Waals surface area contributed by atoms with Gasteiger partial charge in [0, 0.05) is 28.3 Å². The van der Waals surface area contributed by atoms with Crippen LogP contribution < -0.4 is 10.0 Å². The van der Waals surface area contributed by atoms with Gasteiger partial charge >= 0.3 is 0 Å². The minimum atomic E-state index is -3.70. The Kier molecular flexibility index (Phi) is 8.72. The van der Waals surface area contributed by atoms with Gasteiger partial charge in [-0.2, -0.15) is 9.61 Å². The number of fused-ring (bicyclic) bond motifs is 1. The summed E-state index contributed by atoms with van der Waals surface area (Å²) in [6.07, 6.45) is 2.71. The van der Waals surface area contributed by atoms with Crippen molar-refractivity contribution in [3.63, 3.8) is 0 Å². The van der Waals surface area contributed by atoms with Crippen LogP contribution in [0.5, 0.6) is 0 Å². The van der Waals surface area contributed by atoms with E-state index in [9.17, 15) is 8.42 Å². The number of nitrogens with one attached hydrogen (secondary N) is 2. The fourth-order valence-corrected chi connectivity index (χ4v) is 6.55. The van der Waals surface area contributed by atoms with Crippen molar-refractivity contribution in [3.8, 4) is 11.3 Å². The van der Waals surface area contributed by atoms with Gasteiger partial charge in [-0.15, -0.1) is 0 Å². The zero-order valence-electron chi connectivity index (χ0n) is 23.0. The predicted molar refractivity (Wildman–Crippen MR) is 178 cm³/mol. The van der Waals surface area contributed by atoms with Crippen molar-refractivity contribution >= 4 is 65.7 Å². The number of alkyl halides is 1. The van der Waals surface area contributed by atoms with Crippen molar-refractivity contribution in [3.05, 3.63) is 106 Å². The summed E-state index contributed by atoms with van der Waals surface area (Å²) >= 11 is 5.94. The van der Waals surface area contributed by atoms with Gasteiger partial charge in [-0.05, 0) is 68.7 Å². The van der Waals surface area contributed by atoms with Crippen LogP contribution in [0.25, 0.3) is 16.9 Å². The minimum Gasteiger partial charge on any atom is -0.366 e. The molecule has 0 spiro atoms. The van der Waals surface area contributed by atoms with Crippen LogP contribution in [0.1, 0.15) is 43.9 Å². The number of halogens is 2. The first-order valence-electron chi connectivity index (χ1n) is 13.3. The van der Waals surface area contributed by atoms with Gasteiger partial charge in [0.15, 0.2) is 5.65 Å². The second-order valence-corrected chi connectivity index (χ2v) is 13.8. The summed E-state index contributed by atoms with van der Waals surface area (Å²) < 4.78 is 32.2. The average molecular weight is 744 g/mol. The molecule has 0 atom stereocenters. The lowest BCUT2D eigenvalue weighted by molar-refractivity contribution is 0.506. The normalized spacial score (nSPS) is 12.0. The van der Waals surface area contributed by atoms with Gasteiger partial charge < -0.3 is 5.32 Å². The van der Waals surface area contributed by atoms with Crippen LogP contribution >= 0.6 is 38.5 Å². The van der Waals surface area contributed by atoms with Crippen LogP contribution in [0.2, 0.25) is 0 Å². The van der Waals surface area contributed by atoms with E-state index in [0.717, 1.165) is 49.2 Å². The monoisotopic (exact) mass is 743 g/mol. The lowest BCUT2D eigenvalue weighted by Gasteiger charge is -2.23. The van der Waals surface area contributed by atoms with E-state index in [1.807, 2.05) is 42.5 Å². The zero-order chi connectivity index (χ0) is 29.2. The average Bonchev–Trinajstić information content (AvgIpc) is 3.37. The van der Waals surface area contributed by atoms with E-state index in [2.05, 4.69) is 86.6 Å². The van der Waals surface area contributed by atoms with Crippen LogP contribution in [0.4, 0.5) is 11.5 Å². The summed E-state index contributed by atoms with van der Waals surface area (Å²) in [4.78, 5) is 5.11. The number of benzene rings is 3. The highest BCUT2D eigenvalue weighted by atomic mass is 127. The van der Waals surface area contributed by atoms with Crippen LogP contribution in [0, 0.1) is 0 Å². The Morgan fingerprint density at radius 1 is 1.00 bits per heavy atom. The smallest absolute Gasteiger partial charge is 0.261 e. The molecule has 10 heteroatoms. The Morgan fingerprint density at radius 3 is 2.39 bits per heavy atom.